The minimum atomic E-state index is -3.75. The van der Waals surface area contributed by atoms with Gasteiger partial charge in [0.1, 0.15) is 5.82 Å². The van der Waals surface area contributed by atoms with Gasteiger partial charge in [-0.1, -0.05) is 0 Å². The summed E-state index contributed by atoms with van der Waals surface area (Å²) in [4.78, 5) is 25.2. The third-order valence-electron chi connectivity index (χ3n) is 4.09. The summed E-state index contributed by atoms with van der Waals surface area (Å²) in [5, 5.41) is 0. The van der Waals surface area contributed by atoms with Crippen molar-refractivity contribution < 1.29 is 31.6 Å². The Morgan fingerprint density at radius 2 is 1.74 bits per heavy atom. The van der Waals surface area contributed by atoms with Crippen molar-refractivity contribution in [1.29, 1.82) is 0 Å². The van der Waals surface area contributed by atoms with Crippen LogP contribution in [0.4, 0.5) is 4.39 Å². The third kappa shape index (κ3) is 4.34. The van der Waals surface area contributed by atoms with E-state index in [1.165, 1.54) is 39.7 Å². The smallest absolute Gasteiger partial charge is 0.374 e. The average Bonchev–Trinajstić information content (AvgIpc) is 3.21. The summed E-state index contributed by atoms with van der Waals surface area (Å²) in [5.41, 5.74) is 0. The van der Waals surface area contributed by atoms with Crippen molar-refractivity contribution in [3.05, 3.63) is 54.2 Å². The van der Waals surface area contributed by atoms with Gasteiger partial charge in [0.15, 0.2) is 6.61 Å². The molecule has 1 fully saturated rings. The maximum absolute atomic E-state index is 13.0. The van der Waals surface area contributed by atoms with E-state index >= 15 is 0 Å². The van der Waals surface area contributed by atoms with Gasteiger partial charge in [0.25, 0.3) is 5.91 Å². The second-order valence-electron chi connectivity index (χ2n) is 5.79. The monoisotopic (exact) mass is 396 g/mol. The molecule has 0 radical (unpaired) electrons. The Bertz CT molecular complexity index is 903. The largest absolute Gasteiger partial charge is 0.457 e. The number of furan rings is 1. The van der Waals surface area contributed by atoms with Crippen molar-refractivity contribution in [2.24, 2.45) is 0 Å². The lowest BCUT2D eigenvalue weighted by Crippen LogP contribution is -2.51. The van der Waals surface area contributed by atoms with E-state index in [-0.39, 0.29) is 36.8 Å². The maximum atomic E-state index is 13.0. The van der Waals surface area contributed by atoms with Gasteiger partial charge in [0.05, 0.1) is 11.2 Å². The second-order valence-corrected chi connectivity index (χ2v) is 7.73. The van der Waals surface area contributed by atoms with E-state index in [2.05, 4.69) is 0 Å². The Labute approximate surface area is 155 Å². The molecule has 0 aliphatic carbocycles. The third-order valence-corrected chi connectivity index (χ3v) is 6.00. The molecule has 1 saturated heterocycles. The van der Waals surface area contributed by atoms with Gasteiger partial charge in [-0.2, -0.15) is 4.31 Å². The van der Waals surface area contributed by atoms with Crippen molar-refractivity contribution in [3.63, 3.8) is 0 Å². The predicted molar refractivity (Wildman–Crippen MR) is 90.7 cm³/mol. The van der Waals surface area contributed by atoms with Gasteiger partial charge in [0, 0.05) is 26.2 Å². The van der Waals surface area contributed by atoms with Gasteiger partial charge in [-0.15, -0.1) is 0 Å². The summed E-state index contributed by atoms with van der Waals surface area (Å²) in [6, 6.07) is 7.53. The lowest BCUT2D eigenvalue weighted by atomic mass is 10.3. The molecule has 10 heteroatoms. The van der Waals surface area contributed by atoms with Crippen molar-refractivity contribution in [3.8, 4) is 0 Å². The van der Waals surface area contributed by atoms with E-state index < -0.39 is 34.3 Å². The normalized spacial score (nSPS) is 15.5. The van der Waals surface area contributed by atoms with Gasteiger partial charge in [-0.3, -0.25) is 4.79 Å². The van der Waals surface area contributed by atoms with Gasteiger partial charge >= 0.3 is 5.97 Å². The summed E-state index contributed by atoms with van der Waals surface area (Å²) in [7, 11) is -3.75. The summed E-state index contributed by atoms with van der Waals surface area (Å²) in [5.74, 6) is -1.69. The Kier molecular flexibility index (Phi) is 5.57. The fourth-order valence-electron chi connectivity index (χ4n) is 2.62. The number of nitrogens with zero attached hydrogens (tertiary/aromatic N) is 2. The topological polar surface area (TPSA) is 97.1 Å². The highest BCUT2D eigenvalue weighted by Crippen LogP contribution is 2.18. The van der Waals surface area contributed by atoms with Crippen molar-refractivity contribution >= 4 is 21.9 Å². The quantitative estimate of drug-likeness (QED) is 0.703. The van der Waals surface area contributed by atoms with Gasteiger partial charge in [0.2, 0.25) is 15.8 Å². The van der Waals surface area contributed by atoms with Crippen LogP contribution in [0.25, 0.3) is 0 Å². The zero-order valence-corrected chi connectivity index (χ0v) is 15.0. The number of halogens is 1. The van der Waals surface area contributed by atoms with E-state index in [1.54, 1.807) is 0 Å². The number of benzene rings is 1. The molecular weight excluding hydrogens is 379 g/mol. The van der Waals surface area contributed by atoms with Crippen LogP contribution in [0, 0.1) is 5.82 Å². The Balaban J connectivity index is 1.53. The number of piperazine rings is 1. The van der Waals surface area contributed by atoms with Crippen LogP contribution in [0.2, 0.25) is 0 Å². The van der Waals surface area contributed by atoms with E-state index in [0.29, 0.717) is 0 Å². The van der Waals surface area contributed by atoms with Crippen LogP contribution in [0.5, 0.6) is 0 Å². The molecule has 0 atom stereocenters. The zero-order chi connectivity index (χ0) is 19.4. The van der Waals surface area contributed by atoms with Crippen LogP contribution in [0.3, 0.4) is 0 Å². The van der Waals surface area contributed by atoms with Crippen LogP contribution in [-0.2, 0) is 19.6 Å². The van der Waals surface area contributed by atoms with Gasteiger partial charge in [-0.25, -0.2) is 17.6 Å². The highest BCUT2D eigenvalue weighted by atomic mass is 32.2. The molecule has 1 aliphatic rings. The molecule has 1 aromatic heterocycles. The number of hydrogen-bond donors (Lipinski definition) is 0. The first-order valence-electron chi connectivity index (χ1n) is 8.12. The average molecular weight is 396 g/mol. The molecule has 3 rings (SSSR count). The molecule has 0 unspecified atom stereocenters. The molecular formula is C17H17FN2O6S. The zero-order valence-electron chi connectivity index (χ0n) is 14.2. The second kappa shape index (κ2) is 7.89. The van der Waals surface area contributed by atoms with Crippen LogP contribution >= 0.6 is 0 Å². The minimum absolute atomic E-state index is 0.00184. The molecule has 144 valence electrons. The number of esters is 1. The number of rotatable bonds is 5. The molecule has 0 saturated carbocycles. The molecule has 0 N–H and O–H groups in total. The molecule has 1 aliphatic heterocycles. The summed E-state index contributed by atoms with van der Waals surface area (Å²) in [6.07, 6.45) is 1.32. The number of amides is 1. The lowest BCUT2D eigenvalue weighted by molar-refractivity contribution is -0.135. The first kappa shape index (κ1) is 19.1. The lowest BCUT2D eigenvalue weighted by Gasteiger charge is -2.33. The number of carbonyl (C=O) groups is 2. The SMILES string of the molecule is O=C(OCC(=O)N1CCN(S(=O)(=O)c2ccc(F)cc2)CC1)c1ccco1. The molecule has 2 aromatic rings. The summed E-state index contributed by atoms with van der Waals surface area (Å²) in [6.45, 7) is 0.0640. The van der Waals surface area contributed by atoms with Crippen LogP contribution < -0.4 is 0 Å². The van der Waals surface area contributed by atoms with Crippen LogP contribution in [0.15, 0.2) is 52.0 Å². The van der Waals surface area contributed by atoms with E-state index in [0.717, 1.165) is 12.1 Å². The molecule has 27 heavy (non-hydrogen) atoms. The molecule has 1 amide bonds. The molecule has 2 heterocycles. The number of hydrogen-bond acceptors (Lipinski definition) is 6. The Morgan fingerprint density at radius 1 is 1.07 bits per heavy atom. The van der Waals surface area contributed by atoms with Crippen molar-refractivity contribution in [2.45, 2.75) is 4.90 Å². The first-order chi connectivity index (χ1) is 12.9. The van der Waals surface area contributed by atoms with Gasteiger partial charge in [-0.05, 0) is 36.4 Å². The minimum Gasteiger partial charge on any atom is -0.457 e. The number of ether oxygens (including phenoxy) is 1. The highest BCUT2D eigenvalue weighted by molar-refractivity contribution is 7.89. The fraction of sp³-hybridized carbons (Fsp3) is 0.294. The van der Waals surface area contributed by atoms with E-state index in [9.17, 15) is 22.4 Å². The molecule has 0 bridgehead atoms. The molecule has 0 spiro atoms. The van der Waals surface area contributed by atoms with Crippen molar-refractivity contribution in [1.82, 2.24) is 9.21 Å². The highest BCUT2D eigenvalue weighted by Gasteiger charge is 2.30. The summed E-state index contributed by atoms with van der Waals surface area (Å²) < 4.78 is 49.1. The van der Waals surface area contributed by atoms with Crippen LogP contribution in [-0.4, -0.2) is 62.3 Å². The predicted octanol–water partition coefficient (Wildman–Crippen LogP) is 1.11. The summed E-state index contributed by atoms with van der Waals surface area (Å²) >= 11 is 0. The Morgan fingerprint density at radius 3 is 2.33 bits per heavy atom. The maximum Gasteiger partial charge on any atom is 0.374 e. The van der Waals surface area contributed by atoms with E-state index in [1.807, 2.05) is 0 Å². The molecule has 1 aromatic carbocycles. The molecule has 8 nitrogen and oxygen atoms in total. The van der Waals surface area contributed by atoms with Crippen molar-refractivity contribution in [2.75, 3.05) is 32.8 Å². The van der Waals surface area contributed by atoms with E-state index in [4.69, 9.17) is 9.15 Å². The standard InChI is InChI=1S/C17H17FN2O6S/c18-13-3-5-14(6-4-13)27(23,24)20-9-7-19(8-10-20)16(21)12-26-17(22)15-2-1-11-25-15/h1-6,11H,7-10,12H2. The fourth-order valence-corrected chi connectivity index (χ4v) is 4.04. The number of carbonyl (C=O) groups excluding carboxylic acids is 2. The van der Waals surface area contributed by atoms with Crippen LogP contribution in [0.1, 0.15) is 10.6 Å². The number of sulfonamides is 1. The Hall–Kier alpha value is -2.72. The van der Waals surface area contributed by atoms with Gasteiger partial charge < -0.3 is 14.1 Å². The first-order valence-corrected chi connectivity index (χ1v) is 9.56.